The fourth-order valence-electron chi connectivity index (χ4n) is 1.42. The Balaban J connectivity index is 2.52. The monoisotopic (exact) mass is 433 g/mol. The number of rotatable bonds is 1. The van der Waals surface area contributed by atoms with Crippen LogP contribution < -0.4 is 3.11 Å². The number of halogens is 2. The highest BCUT2D eigenvalue weighted by atomic mass is 127. The lowest BCUT2D eigenvalue weighted by Gasteiger charge is -2.22. The zero-order valence-electron chi connectivity index (χ0n) is 6.92. The van der Waals surface area contributed by atoms with Crippen molar-refractivity contribution in [3.05, 3.63) is 15.8 Å². The van der Waals surface area contributed by atoms with Crippen LogP contribution in [0.5, 0.6) is 0 Å². The van der Waals surface area contributed by atoms with E-state index in [1.165, 1.54) is 11.3 Å². The topological polar surface area (TPSA) is 37.4 Å². The number of carbonyl (C=O) groups is 2. The predicted molar refractivity (Wildman–Crippen MR) is 72.7 cm³/mol. The first-order valence-electron chi connectivity index (χ1n) is 3.85. The second kappa shape index (κ2) is 4.05. The van der Waals surface area contributed by atoms with Gasteiger partial charge in [-0.1, -0.05) is 0 Å². The van der Waals surface area contributed by atoms with Gasteiger partial charge in [-0.15, -0.1) is 11.3 Å². The van der Waals surface area contributed by atoms with Gasteiger partial charge in [0.25, 0.3) is 0 Å². The Hall–Kier alpha value is 0.300. The van der Waals surface area contributed by atoms with Crippen LogP contribution in [0.1, 0.15) is 15.2 Å². The first-order valence-corrected chi connectivity index (χ1v) is 6.77. The van der Waals surface area contributed by atoms with Crippen molar-refractivity contribution in [2.45, 2.75) is 6.42 Å². The van der Waals surface area contributed by atoms with Crippen LogP contribution in [-0.4, -0.2) is 16.1 Å². The van der Waals surface area contributed by atoms with Crippen LogP contribution in [0.2, 0.25) is 0 Å². The number of ketones is 1. The van der Waals surface area contributed by atoms with Gasteiger partial charge in [-0.05, 0) is 10.9 Å². The highest BCUT2D eigenvalue weighted by molar-refractivity contribution is 14.1. The highest BCUT2D eigenvalue weighted by Crippen LogP contribution is 2.38. The number of anilines is 1. The van der Waals surface area contributed by atoms with E-state index in [2.05, 4.69) is 22.9 Å². The van der Waals surface area contributed by atoms with E-state index in [9.17, 15) is 9.59 Å². The quantitative estimate of drug-likeness (QED) is 0.389. The molecule has 0 atom stereocenters. The van der Waals surface area contributed by atoms with Gasteiger partial charge in [-0.25, -0.2) is 0 Å². The summed E-state index contributed by atoms with van der Waals surface area (Å²) < 4.78 is 1.88. The number of thiophene rings is 1. The third-order valence-electron chi connectivity index (χ3n) is 1.96. The standard InChI is InChI=1S/C8H5I2NO2S/c9-8(13)7-6-4(3-14-7)1-5(12)2-11(6)10/h3H,1-2H2. The zero-order valence-corrected chi connectivity index (χ0v) is 12.1. The van der Waals surface area contributed by atoms with Crippen LogP contribution in [0.3, 0.4) is 0 Å². The van der Waals surface area contributed by atoms with Crippen LogP contribution in [0.15, 0.2) is 5.38 Å². The van der Waals surface area contributed by atoms with Crippen molar-refractivity contribution in [1.29, 1.82) is 0 Å². The predicted octanol–water partition coefficient (Wildman–Crippen LogP) is 2.60. The van der Waals surface area contributed by atoms with Gasteiger partial charge in [0, 0.05) is 29.0 Å². The average Bonchev–Trinajstić information content (AvgIpc) is 2.47. The molecule has 0 saturated carbocycles. The van der Waals surface area contributed by atoms with E-state index in [1.807, 2.05) is 8.49 Å². The normalized spacial score (nSPS) is 15.6. The van der Waals surface area contributed by atoms with Gasteiger partial charge in [-0.2, -0.15) is 0 Å². The Bertz CT molecular complexity index is 415. The molecular weight excluding hydrogens is 428 g/mol. The average molecular weight is 433 g/mol. The van der Waals surface area contributed by atoms with E-state index in [-0.39, 0.29) is 9.57 Å². The number of fused-ring (bicyclic) bond motifs is 1. The molecule has 0 saturated heterocycles. The maximum atomic E-state index is 11.3. The van der Waals surface area contributed by atoms with Crippen molar-refractivity contribution < 1.29 is 9.59 Å². The molecule has 0 unspecified atom stereocenters. The SMILES string of the molecule is O=C1Cc2csc(C(=O)I)c2N(I)C1. The fourth-order valence-corrected chi connectivity index (χ4v) is 4.05. The van der Waals surface area contributed by atoms with Gasteiger partial charge in [0.2, 0.25) is 3.79 Å². The summed E-state index contributed by atoms with van der Waals surface area (Å²) in [5.74, 6) is 0.206. The molecule has 0 aromatic carbocycles. The van der Waals surface area contributed by atoms with Crippen molar-refractivity contribution in [2.75, 3.05) is 9.66 Å². The second-order valence-electron chi connectivity index (χ2n) is 2.95. The van der Waals surface area contributed by atoms with Gasteiger partial charge in [0.05, 0.1) is 35.1 Å². The van der Waals surface area contributed by atoms with E-state index in [4.69, 9.17) is 0 Å². The van der Waals surface area contributed by atoms with Crippen LogP contribution >= 0.6 is 56.8 Å². The van der Waals surface area contributed by atoms with Crippen LogP contribution in [0.4, 0.5) is 5.69 Å². The van der Waals surface area contributed by atoms with E-state index in [0.29, 0.717) is 13.0 Å². The largest absolute Gasteiger partial charge is 0.305 e. The second-order valence-corrected chi connectivity index (χ2v) is 5.97. The molecule has 14 heavy (non-hydrogen) atoms. The summed E-state index contributed by atoms with van der Waals surface area (Å²) in [4.78, 5) is 23.3. The lowest BCUT2D eigenvalue weighted by atomic mass is 10.1. The number of hydrogen-bond acceptors (Lipinski definition) is 4. The van der Waals surface area contributed by atoms with Crippen molar-refractivity contribution >= 4 is 72.1 Å². The molecule has 3 nitrogen and oxygen atoms in total. The molecule has 6 heteroatoms. The lowest BCUT2D eigenvalue weighted by Crippen LogP contribution is -2.27. The number of carbonyl (C=O) groups excluding carboxylic acids is 2. The van der Waals surface area contributed by atoms with Gasteiger partial charge >= 0.3 is 0 Å². The first kappa shape index (κ1) is 10.8. The minimum atomic E-state index is 0.0462. The van der Waals surface area contributed by atoms with Crippen molar-refractivity contribution in [2.24, 2.45) is 0 Å². The fraction of sp³-hybridized carbons (Fsp3) is 0.250. The van der Waals surface area contributed by atoms with Gasteiger partial charge in [0.1, 0.15) is 4.88 Å². The van der Waals surface area contributed by atoms with Gasteiger partial charge in [0.15, 0.2) is 5.78 Å². The summed E-state index contributed by atoms with van der Waals surface area (Å²) >= 11 is 5.29. The summed E-state index contributed by atoms with van der Waals surface area (Å²) in [6.45, 7) is 0.404. The Morgan fingerprint density at radius 1 is 1.57 bits per heavy atom. The Morgan fingerprint density at radius 3 is 2.93 bits per heavy atom. The molecule has 1 aliphatic heterocycles. The molecule has 74 valence electrons. The van der Waals surface area contributed by atoms with E-state index in [0.717, 1.165) is 16.1 Å². The van der Waals surface area contributed by atoms with Crippen molar-refractivity contribution in [3.63, 3.8) is 0 Å². The molecule has 0 N–H and O–H groups in total. The van der Waals surface area contributed by atoms with Crippen molar-refractivity contribution in [1.82, 2.24) is 0 Å². The summed E-state index contributed by atoms with van der Waals surface area (Å²) in [5, 5.41) is 1.91. The Labute approximate surface area is 112 Å². The van der Waals surface area contributed by atoms with Gasteiger partial charge in [-0.3, -0.25) is 9.59 Å². The molecule has 2 rings (SSSR count). The molecule has 0 radical (unpaired) electrons. The molecule has 1 aromatic heterocycles. The number of nitrogens with zero attached hydrogens (tertiary/aromatic N) is 1. The summed E-state index contributed by atoms with van der Waals surface area (Å²) in [6.07, 6.45) is 0.468. The Kier molecular flexibility index (Phi) is 3.12. The van der Waals surface area contributed by atoms with Crippen LogP contribution in [0, 0.1) is 0 Å². The van der Waals surface area contributed by atoms with Crippen molar-refractivity contribution in [3.8, 4) is 0 Å². The summed E-state index contributed by atoms with van der Waals surface area (Å²) in [6, 6.07) is 0. The third kappa shape index (κ3) is 1.83. The molecule has 2 heterocycles. The van der Waals surface area contributed by atoms with Gasteiger partial charge < -0.3 is 3.11 Å². The lowest BCUT2D eigenvalue weighted by molar-refractivity contribution is -0.117. The maximum absolute atomic E-state index is 11.3. The first-order chi connectivity index (χ1) is 6.59. The molecule has 0 spiro atoms. The maximum Gasteiger partial charge on any atom is 0.234 e. The minimum Gasteiger partial charge on any atom is -0.305 e. The molecule has 1 aliphatic rings. The van der Waals surface area contributed by atoms with Crippen LogP contribution in [0.25, 0.3) is 0 Å². The Morgan fingerprint density at radius 2 is 2.29 bits per heavy atom. The minimum absolute atomic E-state index is 0.0462. The third-order valence-corrected chi connectivity index (χ3v) is 4.71. The molecule has 0 fully saturated rings. The molecule has 0 amide bonds. The molecular formula is C8H5I2NO2S. The van der Waals surface area contributed by atoms with E-state index < -0.39 is 0 Å². The van der Waals surface area contributed by atoms with E-state index in [1.54, 1.807) is 22.6 Å². The summed E-state index contributed by atoms with van der Waals surface area (Å²) in [7, 11) is 0. The number of hydrogen-bond donors (Lipinski definition) is 0. The molecule has 1 aromatic rings. The number of Topliss-reactive ketones (excluding diaryl/α,β-unsaturated/α-hetero) is 1. The molecule has 0 aliphatic carbocycles. The van der Waals surface area contributed by atoms with Crippen LogP contribution in [-0.2, 0) is 11.2 Å². The van der Waals surface area contributed by atoms with E-state index >= 15 is 0 Å². The zero-order chi connectivity index (χ0) is 10.3. The highest BCUT2D eigenvalue weighted by Gasteiger charge is 2.27. The summed E-state index contributed by atoms with van der Waals surface area (Å²) in [5.41, 5.74) is 1.93. The molecule has 0 bridgehead atoms. The smallest absolute Gasteiger partial charge is 0.234 e.